The highest BCUT2D eigenvalue weighted by Crippen LogP contribution is 2.10. The first-order chi connectivity index (χ1) is 9.04. The Morgan fingerprint density at radius 3 is 2.74 bits per heavy atom. The third kappa shape index (κ3) is 4.83. The summed E-state index contributed by atoms with van der Waals surface area (Å²) in [4.78, 5) is 22.5. The summed E-state index contributed by atoms with van der Waals surface area (Å²) in [5, 5.41) is 11.4. The fourth-order valence-corrected chi connectivity index (χ4v) is 1.58. The Morgan fingerprint density at radius 1 is 1.47 bits per heavy atom. The normalized spacial score (nSPS) is 11.4. The van der Waals surface area contributed by atoms with Crippen LogP contribution in [0.1, 0.15) is 11.1 Å². The predicted molar refractivity (Wildman–Crippen MR) is 71.0 cm³/mol. The molecule has 102 valence electrons. The molecule has 2 N–H and O–H groups in total. The van der Waals surface area contributed by atoms with Gasteiger partial charge < -0.3 is 15.2 Å². The number of aryl methyl sites for hydroxylation is 1. The van der Waals surface area contributed by atoms with Crippen molar-refractivity contribution < 1.29 is 19.4 Å². The molecule has 5 nitrogen and oxygen atoms in total. The summed E-state index contributed by atoms with van der Waals surface area (Å²) >= 11 is 0. The smallest absolute Gasteiger partial charge is 0.408 e. The number of aliphatic carboxylic acids is 1. The van der Waals surface area contributed by atoms with Gasteiger partial charge in [-0.05, 0) is 18.1 Å². The van der Waals surface area contributed by atoms with E-state index in [1.807, 2.05) is 31.2 Å². The molecule has 0 aliphatic carbocycles. The zero-order valence-corrected chi connectivity index (χ0v) is 10.8. The van der Waals surface area contributed by atoms with Gasteiger partial charge >= 0.3 is 12.1 Å². The molecule has 5 heteroatoms. The minimum atomic E-state index is -1.10. The summed E-state index contributed by atoms with van der Waals surface area (Å²) in [6.07, 6.45) is 0.864. The summed E-state index contributed by atoms with van der Waals surface area (Å²) in [6.45, 7) is 5.34. The van der Waals surface area contributed by atoms with Gasteiger partial charge in [-0.1, -0.05) is 36.9 Å². The van der Waals surface area contributed by atoms with Crippen molar-refractivity contribution in [2.45, 2.75) is 19.4 Å². The molecular weight excluding hydrogens is 246 g/mol. The predicted octanol–water partition coefficient (Wildman–Crippen LogP) is 1.90. The van der Waals surface area contributed by atoms with Gasteiger partial charge in [0, 0.05) is 6.42 Å². The van der Waals surface area contributed by atoms with Gasteiger partial charge in [0.15, 0.2) is 0 Å². The van der Waals surface area contributed by atoms with Crippen molar-refractivity contribution in [2.24, 2.45) is 0 Å². The topological polar surface area (TPSA) is 75.6 Å². The molecule has 0 aliphatic rings. The molecule has 19 heavy (non-hydrogen) atoms. The first-order valence-corrected chi connectivity index (χ1v) is 5.86. The molecule has 1 aromatic carbocycles. The van der Waals surface area contributed by atoms with Crippen LogP contribution in [0.3, 0.4) is 0 Å². The van der Waals surface area contributed by atoms with E-state index in [1.165, 1.54) is 6.08 Å². The molecule has 1 amide bonds. The van der Waals surface area contributed by atoms with Crippen LogP contribution in [-0.2, 0) is 16.0 Å². The van der Waals surface area contributed by atoms with E-state index >= 15 is 0 Å². The Morgan fingerprint density at radius 2 is 2.16 bits per heavy atom. The van der Waals surface area contributed by atoms with Gasteiger partial charge in [-0.2, -0.15) is 0 Å². The largest absolute Gasteiger partial charge is 0.480 e. The third-order valence-corrected chi connectivity index (χ3v) is 2.61. The number of ether oxygens (including phenoxy) is 1. The maximum atomic E-state index is 11.3. The van der Waals surface area contributed by atoms with Gasteiger partial charge in [0.2, 0.25) is 0 Å². The van der Waals surface area contributed by atoms with Gasteiger partial charge in [0.05, 0.1) is 0 Å². The highest BCUT2D eigenvalue weighted by molar-refractivity contribution is 5.80. The maximum absolute atomic E-state index is 11.3. The van der Waals surface area contributed by atoms with Crippen LogP contribution in [0.4, 0.5) is 4.79 Å². The number of carbonyl (C=O) groups is 2. The molecule has 0 saturated heterocycles. The lowest BCUT2D eigenvalue weighted by molar-refractivity contribution is -0.139. The summed E-state index contributed by atoms with van der Waals surface area (Å²) in [5.74, 6) is -1.10. The number of hydrogen-bond acceptors (Lipinski definition) is 3. The number of hydrogen-bond donors (Lipinski definition) is 2. The van der Waals surface area contributed by atoms with Crippen molar-refractivity contribution in [1.29, 1.82) is 0 Å². The molecule has 0 unspecified atom stereocenters. The van der Waals surface area contributed by atoms with Crippen molar-refractivity contribution >= 4 is 12.1 Å². The fourth-order valence-electron chi connectivity index (χ4n) is 1.58. The molecule has 0 fully saturated rings. The number of carboxylic acids is 1. The van der Waals surface area contributed by atoms with Gasteiger partial charge in [0.25, 0.3) is 0 Å². The maximum Gasteiger partial charge on any atom is 0.408 e. The van der Waals surface area contributed by atoms with Crippen molar-refractivity contribution in [3.05, 3.63) is 48.0 Å². The Kier molecular flexibility index (Phi) is 5.60. The van der Waals surface area contributed by atoms with Crippen molar-refractivity contribution in [2.75, 3.05) is 6.61 Å². The number of carbonyl (C=O) groups excluding carboxylic acids is 1. The molecule has 0 radical (unpaired) electrons. The second-order valence-electron chi connectivity index (χ2n) is 4.05. The molecule has 0 spiro atoms. The van der Waals surface area contributed by atoms with E-state index in [9.17, 15) is 9.59 Å². The van der Waals surface area contributed by atoms with Gasteiger partial charge in [-0.3, -0.25) is 0 Å². The Bertz CT molecular complexity index is 470. The number of amides is 1. The van der Waals surface area contributed by atoms with Crippen LogP contribution in [0.15, 0.2) is 36.9 Å². The fraction of sp³-hybridized carbons (Fsp3) is 0.286. The Hall–Kier alpha value is -2.30. The summed E-state index contributed by atoms with van der Waals surface area (Å²) in [5.41, 5.74) is 1.86. The molecule has 0 aliphatic heterocycles. The Balaban J connectivity index is 2.68. The van der Waals surface area contributed by atoms with E-state index in [0.717, 1.165) is 11.1 Å². The lowest BCUT2D eigenvalue weighted by atomic mass is 10.0. The van der Waals surface area contributed by atoms with E-state index in [1.54, 1.807) is 0 Å². The molecule has 0 aromatic heterocycles. The molecule has 0 saturated carbocycles. The summed E-state index contributed by atoms with van der Waals surface area (Å²) in [7, 11) is 0. The van der Waals surface area contributed by atoms with Gasteiger partial charge in [0.1, 0.15) is 12.6 Å². The van der Waals surface area contributed by atoms with Crippen LogP contribution in [0.2, 0.25) is 0 Å². The van der Waals surface area contributed by atoms with Crippen LogP contribution < -0.4 is 5.32 Å². The molecule has 0 bridgehead atoms. The van der Waals surface area contributed by atoms with Crippen molar-refractivity contribution in [3.63, 3.8) is 0 Å². The van der Waals surface area contributed by atoms with E-state index in [-0.39, 0.29) is 13.0 Å². The second-order valence-corrected chi connectivity index (χ2v) is 4.05. The van der Waals surface area contributed by atoms with E-state index < -0.39 is 18.1 Å². The number of benzene rings is 1. The van der Waals surface area contributed by atoms with Crippen LogP contribution in [0, 0.1) is 6.92 Å². The average Bonchev–Trinajstić information content (AvgIpc) is 2.38. The number of nitrogens with one attached hydrogen (secondary N) is 1. The molecule has 1 atom stereocenters. The van der Waals surface area contributed by atoms with Crippen LogP contribution >= 0.6 is 0 Å². The summed E-state index contributed by atoms with van der Waals surface area (Å²) < 4.78 is 4.71. The van der Waals surface area contributed by atoms with Crippen molar-refractivity contribution in [1.82, 2.24) is 5.32 Å². The van der Waals surface area contributed by atoms with Crippen molar-refractivity contribution in [3.8, 4) is 0 Å². The highest BCUT2D eigenvalue weighted by Gasteiger charge is 2.21. The van der Waals surface area contributed by atoms with E-state index in [0.29, 0.717) is 0 Å². The highest BCUT2D eigenvalue weighted by atomic mass is 16.5. The van der Waals surface area contributed by atoms with Crippen LogP contribution in [0.5, 0.6) is 0 Å². The quantitative estimate of drug-likeness (QED) is 0.769. The lowest BCUT2D eigenvalue weighted by Crippen LogP contribution is -2.42. The SMILES string of the molecule is C=CCOC(=O)N[C@@H](Cc1ccccc1C)C(=O)O. The first kappa shape index (κ1) is 14.8. The minimum Gasteiger partial charge on any atom is -0.480 e. The zero-order valence-electron chi connectivity index (χ0n) is 10.8. The molecule has 1 aromatic rings. The number of alkyl carbamates (subject to hydrolysis) is 1. The monoisotopic (exact) mass is 263 g/mol. The van der Waals surface area contributed by atoms with Gasteiger partial charge in [-0.25, -0.2) is 9.59 Å². The summed E-state index contributed by atoms with van der Waals surface area (Å²) in [6, 6.07) is 6.42. The molecule has 0 heterocycles. The standard InChI is InChI=1S/C14H17NO4/c1-3-8-19-14(18)15-12(13(16)17)9-11-7-5-4-6-10(11)2/h3-7,12H,1,8-9H2,2H3,(H,15,18)(H,16,17)/t12-/m0/s1. The molecule has 1 rings (SSSR count). The van der Waals surface area contributed by atoms with E-state index in [2.05, 4.69) is 11.9 Å². The zero-order chi connectivity index (χ0) is 14.3. The number of rotatable bonds is 6. The second kappa shape index (κ2) is 7.20. The lowest BCUT2D eigenvalue weighted by Gasteiger charge is -2.15. The minimum absolute atomic E-state index is 0.0442. The van der Waals surface area contributed by atoms with Gasteiger partial charge in [-0.15, -0.1) is 0 Å². The average molecular weight is 263 g/mol. The number of carboxylic acid groups (broad SMARTS) is 1. The molecular formula is C14H17NO4. The van der Waals surface area contributed by atoms with Crippen LogP contribution in [0.25, 0.3) is 0 Å². The Labute approximate surface area is 111 Å². The third-order valence-electron chi connectivity index (χ3n) is 2.61. The first-order valence-electron chi connectivity index (χ1n) is 5.86. The van der Waals surface area contributed by atoms with E-state index in [4.69, 9.17) is 9.84 Å². The van der Waals surface area contributed by atoms with Crippen LogP contribution in [-0.4, -0.2) is 29.8 Å².